The second-order valence-corrected chi connectivity index (χ2v) is 6.00. The van der Waals surface area contributed by atoms with Gasteiger partial charge in [-0.25, -0.2) is 0 Å². The third kappa shape index (κ3) is 2.40. The molecule has 0 fully saturated rings. The van der Waals surface area contributed by atoms with Crippen LogP contribution in [0.2, 0.25) is 0 Å². The van der Waals surface area contributed by atoms with E-state index < -0.39 is 0 Å². The fourth-order valence-electron chi connectivity index (χ4n) is 1.72. The largest absolute Gasteiger partial charge is 0.469 e. The van der Waals surface area contributed by atoms with Crippen molar-refractivity contribution in [1.29, 1.82) is 0 Å². The van der Waals surface area contributed by atoms with Gasteiger partial charge in [-0.05, 0) is 23.5 Å². The summed E-state index contributed by atoms with van der Waals surface area (Å²) in [5, 5.41) is 0. The predicted octanol–water partition coefficient (Wildman–Crippen LogP) is 4.27. The van der Waals surface area contributed by atoms with E-state index in [0.717, 1.165) is 12.2 Å². The summed E-state index contributed by atoms with van der Waals surface area (Å²) < 4.78 is 5.68. The summed E-state index contributed by atoms with van der Waals surface area (Å²) >= 11 is 0. The molecule has 1 aliphatic rings. The molecule has 1 nitrogen and oxygen atoms in total. The van der Waals surface area contributed by atoms with Gasteiger partial charge in [0.05, 0.1) is 6.26 Å². The lowest BCUT2D eigenvalue weighted by Gasteiger charge is -2.33. The average Bonchev–Trinajstić information content (AvgIpc) is 2.01. The topological polar surface area (TPSA) is 9.23 Å². The number of hydrogen-bond donors (Lipinski definition) is 0. The molecule has 0 aromatic rings. The van der Waals surface area contributed by atoms with Crippen molar-refractivity contribution in [1.82, 2.24) is 0 Å². The summed E-state index contributed by atoms with van der Waals surface area (Å²) in [5.74, 6) is 1.15. The lowest BCUT2D eigenvalue weighted by molar-refractivity contribution is 0.219. The van der Waals surface area contributed by atoms with E-state index in [1.165, 1.54) is 5.57 Å². The molecule has 0 radical (unpaired) electrons. The fraction of sp³-hybridized carbons (Fsp3) is 0.692. The quantitative estimate of drug-likeness (QED) is 0.559. The summed E-state index contributed by atoms with van der Waals surface area (Å²) in [6.45, 7) is 13.3. The van der Waals surface area contributed by atoms with Crippen molar-refractivity contribution in [2.24, 2.45) is 10.8 Å². The summed E-state index contributed by atoms with van der Waals surface area (Å²) in [7, 11) is 0. The van der Waals surface area contributed by atoms with Crippen LogP contribution in [0.25, 0.3) is 0 Å². The molecule has 0 spiro atoms. The third-order valence-electron chi connectivity index (χ3n) is 2.46. The van der Waals surface area contributed by atoms with Crippen LogP contribution in [0.15, 0.2) is 23.7 Å². The lowest BCUT2D eigenvalue weighted by atomic mass is 9.77. The second kappa shape index (κ2) is 3.45. The number of rotatable bonds is 0. The third-order valence-corrected chi connectivity index (χ3v) is 2.46. The van der Waals surface area contributed by atoms with E-state index in [1.807, 2.05) is 6.26 Å². The Morgan fingerprint density at radius 3 is 1.93 bits per heavy atom. The maximum absolute atomic E-state index is 5.68. The van der Waals surface area contributed by atoms with E-state index in [2.05, 4.69) is 47.6 Å². The lowest BCUT2D eigenvalue weighted by Crippen LogP contribution is -2.22. The molecule has 0 aromatic carbocycles. The smallest absolute Gasteiger partial charge is 0.108 e. The standard InChI is InChI=1S/C13H22O/c1-12(2,3)10-8-7-9-14-11(10)13(4,5)6/h7,9H,8H2,1-6H3. The van der Waals surface area contributed by atoms with Gasteiger partial charge in [0.15, 0.2) is 0 Å². The van der Waals surface area contributed by atoms with Crippen LogP contribution in [0.4, 0.5) is 0 Å². The van der Waals surface area contributed by atoms with Crippen molar-refractivity contribution in [3.8, 4) is 0 Å². The molecular formula is C13H22O. The van der Waals surface area contributed by atoms with Crippen LogP contribution in [0.3, 0.4) is 0 Å². The molecular weight excluding hydrogens is 172 g/mol. The molecule has 0 N–H and O–H groups in total. The molecule has 0 saturated carbocycles. The maximum atomic E-state index is 5.68. The normalized spacial score (nSPS) is 18.4. The van der Waals surface area contributed by atoms with Crippen LogP contribution in [0.1, 0.15) is 48.0 Å². The van der Waals surface area contributed by atoms with Gasteiger partial charge in [-0.3, -0.25) is 0 Å². The van der Waals surface area contributed by atoms with Crippen LogP contribution in [-0.4, -0.2) is 0 Å². The van der Waals surface area contributed by atoms with E-state index >= 15 is 0 Å². The van der Waals surface area contributed by atoms with E-state index in [9.17, 15) is 0 Å². The Morgan fingerprint density at radius 1 is 1.00 bits per heavy atom. The minimum atomic E-state index is 0.105. The van der Waals surface area contributed by atoms with Crippen LogP contribution in [-0.2, 0) is 4.74 Å². The summed E-state index contributed by atoms with van der Waals surface area (Å²) in [5.41, 5.74) is 1.73. The monoisotopic (exact) mass is 194 g/mol. The Hall–Kier alpha value is -0.720. The van der Waals surface area contributed by atoms with Crippen LogP contribution in [0.5, 0.6) is 0 Å². The maximum Gasteiger partial charge on any atom is 0.108 e. The summed E-state index contributed by atoms with van der Waals surface area (Å²) in [6.07, 6.45) is 4.93. The first-order valence-corrected chi connectivity index (χ1v) is 5.28. The number of ether oxygens (including phenoxy) is 1. The van der Waals surface area contributed by atoms with Gasteiger partial charge in [0.25, 0.3) is 0 Å². The highest BCUT2D eigenvalue weighted by atomic mass is 16.5. The fourth-order valence-corrected chi connectivity index (χ4v) is 1.72. The molecule has 1 heterocycles. The Balaban J connectivity index is 3.12. The number of hydrogen-bond acceptors (Lipinski definition) is 1. The highest BCUT2D eigenvalue weighted by Gasteiger charge is 2.29. The Morgan fingerprint density at radius 2 is 1.57 bits per heavy atom. The van der Waals surface area contributed by atoms with E-state index in [-0.39, 0.29) is 10.8 Å². The highest BCUT2D eigenvalue weighted by Crippen LogP contribution is 2.40. The SMILES string of the molecule is CC(C)(C)C1=C(C(C)(C)C)OC=CC1. The summed E-state index contributed by atoms with van der Waals surface area (Å²) in [6, 6.07) is 0. The molecule has 0 unspecified atom stereocenters. The number of allylic oxidation sites excluding steroid dienone is 3. The van der Waals surface area contributed by atoms with Gasteiger partial charge in [-0.15, -0.1) is 0 Å². The Labute approximate surface area is 87.8 Å². The molecule has 0 aromatic heterocycles. The van der Waals surface area contributed by atoms with Gasteiger partial charge in [-0.2, -0.15) is 0 Å². The molecule has 0 aliphatic carbocycles. The second-order valence-electron chi connectivity index (χ2n) is 6.00. The highest BCUT2D eigenvalue weighted by molar-refractivity contribution is 5.25. The molecule has 1 rings (SSSR count). The van der Waals surface area contributed by atoms with E-state index in [1.54, 1.807) is 0 Å². The van der Waals surface area contributed by atoms with E-state index in [4.69, 9.17) is 4.74 Å². The van der Waals surface area contributed by atoms with Gasteiger partial charge in [0.2, 0.25) is 0 Å². The zero-order valence-electron chi connectivity index (χ0n) is 10.3. The molecule has 1 aliphatic heterocycles. The van der Waals surface area contributed by atoms with E-state index in [0.29, 0.717) is 0 Å². The van der Waals surface area contributed by atoms with Gasteiger partial charge in [0, 0.05) is 5.41 Å². The Bertz CT molecular complexity index is 241. The summed E-state index contributed by atoms with van der Waals surface area (Å²) in [4.78, 5) is 0. The zero-order valence-corrected chi connectivity index (χ0v) is 10.3. The van der Waals surface area contributed by atoms with Crippen LogP contribution in [0, 0.1) is 10.8 Å². The van der Waals surface area contributed by atoms with Gasteiger partial charge >= 0.3 is 0 Å². The molecule has 80 valence electrons. The van der Waals surface area contributed by atoms with Crippen LogP contribution < -0.4 is 0 Å². The molecule has 0 atom stereocenters. The molecule has 0 saturated heterocycles. The van der Waals surface area contributed by atoms with Gasteiger partial charge in [0.1, 0.15) is 5.76 Å². The van der Waals surface area contributed by atoms with Crippen molar-refractivity contribution in [3.63, 3.8) is 0 Å². The predicted molar refractivity (Wildman–Crippen MR) is 60.8 cm³/mol. The molecule has 0 amide bonds. The van der Waals surface area contributed by atoms with Gasteiger partial charge < -0.3 is 4.74 Å². The van der Waals surface area contributed by atoms with Crippen LogP contribution >= 0.6 is 0 Å². The first-order chi connectivity index (χ1) is 6.23. The molecule has 0 bridgehead atoms. The first kappa shape index (κ1) is 11.4. The minimum absolute atomic E-state index is 0.105. The first-order valence-electron chi connectivity index (χ1n) is 5.28. The Kier molecular flexibility index (Phi) is 2.80. The van der Waals surface area contributed by atoms with Crippen molar-refractivity contribution >= 4 is 0 Å². The zero-order chi connectivity index (χ0) is 11.0. The average molecular weight is 194 g/mol. The van der Waals surface area contributed by atoms with Gasteiger partial charge in [-0.1, -0.05) is 41.5 Å². The molecule has 14 heavy (non-hydrogen) atoms. The van der Waals surface area contributed by atoms with Crippen molar-refractivity contribution in [2.45, 2.75) is 48.0 Å². The minimum Gasteiger partial charge on any atom is -0.469 e. The van der Waals surface area contributed by atoms with Crippen molar-refractivity contribution in [2.75, 3.05) is 0 Å². The van der Waals surface area contributed by atoms with Crippen molar-refractivity contribution < 1.29 is 4.74 Å². The van der Waals surface area contributed by atoms with Crippen molar-refractivity contribution in [3.05, 3.63) is 23.7 Å². The molecule has 1 heteroatoms.